The van der Waals surface area contributed by atoms with Gasteiger partial charge in [0.2, 0.25) is 0 Å². The summed E-state index contributed by atoms with van der Waals surface area (Å²) in [6, 6.07) is 3.02. The van der Waals surface area contributed by atoms with Gasteiger partial charge in [-0.15, -0.1) is 0 Å². The van der Waals surface area contributed by atoms with Gasteiger partial charge in [0.25, 0.3) is 0 Å². The fraction of sp³-hybridized carbons (Fsp3) is 0.125. The third-order valence-corrected chi connectivity index (χ3v) is 1.73. The zero-order chi connectivity index (χ0) is 11.1. The highest BCUT2D eigenvalue weighted by Crippen LogP contribution is 2.20. The van der Waals surface area contributed by atoms with Crippen molar-refractivity contribution in [1.82, 2.24) is 15.0 Å². The highest BCUT2D eigenvalue weighted by atomic mass is 19.4. The van der Waals surface area contributed by atoms with Gasteiger partial charge in [-0.2, -0.15) is 13.2 Å². The second kappa shape index (κ2) is 3.04. The summed E-state index contributed by atoms with van der Waals surface area (Å²) in [6.07, 6.45) is -3.54. The Morgan fingerprint density at radius 2 is 2.13 bits per heavy atom. The number of Topliss-reactive ketones (excluding diaryl/α,β-unsaturated/α-hetero) is 1. The monoisotopic (exact) mass is 215 g/mol. The van der Waals surface area contributed by atoms with Crippen LogP contribution in [0.2, 0.25) is 0 Å². The molecule has 0 radical (unpaired) electrons. The summed E-state index contributed by atoms with van der Waals surface area (Å²) in [4.78, 5) is 20.2. The summed E-state index contributed by atoms with van der Waals surface area (Å²) in [6.45, 7) is 0. The van der Waals surface area contributed by atoms with Crippen molar-refractivity contribution in [3.05, 3.63) is 24.2 Å². The van der Waals surface area contributed by atoms with E-state index < -0.39 is 17.8 Å². The fourth-order valence-corrected chi connectivity index (χ4v) is 1.09. The molecule has 2 aromatic heterocycles. The predicted octanol–water partition coefficient (Wildman–Crippen LogP) is 1.70. The van der Waals surface area contributed by atoms with E-state index in [2.05, 4.69) is 15.0 Å². The van der Waals surface area contributed by atoms with Crippen LogP contribution in [-0.2, 0) is 0 Å². The number of H-pyrrole nitrogens is 1. The van der Waals surface area contributed by atoms with Crippen LogP contribution >= 0.6 is 0 Å². The first-order valence-corrected chi connectivity index (χ1v) is 3.91. The van der Waals surface area contributed by atoms with E-state index in [1.54, 1.807) is 0 Å². The highest BCUT2D eigenvalue weighted by molar-refractivity contribution is 5.99. The average Bonchev–Trinajstić information content (AvgIpc) is 2.58. The first-order valence-electron chi connectivity index (χ1n) is 3.91. The van der Waals surface area contributed by atoms with Crippen LogP contribution in [0, 0.1) is 0 Å². The Hall–Kier alpha value is -1.92. The van der Waals surface area contributed by atoms with Crippen molar-refractivity contribution in [3.63, 3.8) is 0 Å². The van der Waals surface area contributed by atoms with Gasteiger partial charge in [0.05, 0.1) is 5.52 Å². The van der Waals surface area contributed by atoms with Crippen LogP contribution in [0.1, 0.15) is 10.6 Å². The van der Waals surface area contributed by atoms with Gasteiger partial charge in [0, 0.05) is 6.20 Å². The second-order valence-corrected chi connectivity index (χ2v) is 2.79. The molecule has 0 unspecified atom stereocenters. The van der Waals surface area contributed by atoms with Crippen molar-refractivity contribution in [2.45, 2.75) is 6.18 Å². The van der Waals surface area contributed by atoms with Gasteiger partial charge in [-0.3, -0.25) is 4.79 Å². The van der Waals surface area contributed by atoms with Gasteiger partial charge in [0.15, 0.2) is 11.5 Å². The number of aromatic nitrogens is 3. The van der Waals surface area contributed by atoms with Gasteiger partial charge >= 0.3 is 12.0 Å². The van der Waals surface area contributed by atoms with Crippen molar-refractivity contribution in [3.8, 4) is 0 Å². The number of carbonyl (C=O) groups excluding carboxylic acids is 1. The number of nitrogens with one attached hydrogen (secondary N) is 1. The molecule has 0 amide bonds. The fourth-order valence-electron chi connectivity index (χ4n) is 1.09. The summed E-state index contributed by atoms with van der Waals surface area (Å²) < 4.78 is 36.1. The van der Waals surface area contributed by atoms with Gasteiger partial charge < -0.3 is 4.98 Å². The van der Waals surface area contributed by atoms with Gasteiger partial charge in [0.1, 0.15) is 0 Å². The lowest BCUT2D eigenvalue weighted by Gasteiger charge is -2.00. The van der Waals surface area contributed by atoms with E-state index in [1.165, 1.54) is 18.3 Å². The van der Waals surface area contributed by atoms with Crippen molar-refractivity contribution in [1.29, 1.82) is 0 Å². The van der Waals surface area contributed by atoms with Crippen molar-refractivity contribution < 1.29 is 18.0 Å². The van der Waals surface area contributed by atoms with Crippen LogP contribution in [0.5, 0.6) is 0 Å². The smallest absolute Gasteiger partial charge is 0.334 e. The summed E-state index contributed by atoms with van der Waals surface area (Å²) in [5, 5.41) is 0. The minimum atomic E-state index is -4.92. The molecule has 0 fully saturated rings. The lowest BCUT2D eigenvalue weighted by Crippen LogP contribution is -2.23. The molecule has 1 N–H and O–H groups in total. The molecule has 15 heavy (non-hydrogen) atoms. The molecule has 0 saturated heterocycles. The maximum absolute atomic E-state index is 12.0. The van der Waals surface area contributed by atoms with Crippen molar-refractivity contribution in [2.75, 3.05) is 0 Å². The maximum atomic E-state index is 12.0. The molecular formula is C8H4F3N3O. The number of rotatable bonds is 1. The Kier molecular flexibility index (Phi) is 1.95. The number of fused-ring (bicyclic) bond motifs is 1. The number of alkyl halides is 3. The van der Waals surface area contributed by atoms with E-state index in [4.69, 9.17) is 0 Å². The molecule has 0 bridgehead atoms. The van der Waals surface area contributed by atoms with Crippen molar-refractivity contribution >= 4 is 16.9 Å². The second-order valence-electron chi connectivity index (χ2n) is 2.79. The minimum absolute atomic E-state index is 0.0881. The summed E-state index contributed by atoms with van der Waals surface area (Å²) >= 11 is 0. The molecule has 2 heterocycles. The lowest BCUT2D eigenvalue weighted by molar-refractivity contribution is -0.0890. The van der Waals surface area contributed by atoms with Crippen LogP contribution < -0.4 is 0 Å². The van der Waals surface area contributed by atoms with Crippen LogP contribution in [0.4, 0.5) is 13.2 Å². The normalized spacial score (nSPS) is 11.9. The first kappa shape index (κ1) is 9.63. The standard InChI is InChI=1S/C8H4F3N3O/c9-8(10,11)5(15)7-13-4-2-1-3-12-6(4)14-7/h1-3H,(H,12,13,14). The number of halogens is 3. The molecule has 0 aromatic carbocycles. The highest BCUT2D eigenvalue weighted by Gasteiger charge is 2.41. The van der Waals surface area contributed by atoms with Gasteiger partial charge in [-0.05, 0) is 12.1 Å². The summed E-state index contributed by atoms with van der Waals surface area (Å²) in [5.41, 5.74) is 0.384. The number of imidazole rings is 1. The molecule has 0 aliphatic rings. The number of ketones is 1. The number of pyridine rings is 1. The van der Waals surface area contributed by atoms with E-state index in [9.17, 15) is 18.0 Å². The van der Waals surface area contributed by atoms with E-state index in [0.29, 0.717) is 5.52 Å². The first-order chi connectivity index (χ1) is 6.98. The molecule has 0 atom stereocenters. The number of carbonyl (C=O) groups is 1. The average molecular weight is 215 g/mol. The SMILES string of the molecule is O=C(c1nc2ncccc2[nH]1)C(F)(F)F. The van der Waals surface area contributed by atoms with Gasteiger partial charge in [-0.1, -0.05) is 0 Å². The molecule has 0 aliphatic heterocycles. The number of nitrogens with zero attached hydrogens (tertiary/aromatic N) is 2. The zero-order valence-electron chi connectivity index (χ0n) is 7.17. The molecule has 0 aliphatic carbocycles. The molecule has 2 aromatic rings. The summed E-state index contributed by atoms with van der Waals surface area (Å²) in [5.74, 6) is -2.74. The molecule has 0 saturated carbocycles. The van der Waals surface area contributed by atoms with Crippen LogP contribution in [0.25, 0.3) is 11.2 Å². The van der Waals surface area contributed by atoms with E-state index in [0.717, 1.165) is 0 Å². The third kappa shape index (κ3) is 1.67. The van der Waals surface area contributed by atoms with E-state index in [-0.39, 0.29) is 5.65 Å². The Balaban J connectivity index is 2.50. The third-order valence-electron chi connectivity index (χ3n) is 1.73. The number of aromatic amines is 1. The van der Waals surface area contributed by atoms with Crippen LogP contribution in [0.15, 0.2) is 18.3 Å². The zero-order valence-corrected chi connectivity index (χ0v) is 7.17. The lowest BCUT2D eigenvalue weighted by atomic mass is 10.4. The quantitative estimate of drug-likeness (QED) is 0.736. The molecule has 2 rings (SSSR count). The molecule has 0 spiro atoms. The van der Waals surface area contributed by atoms with Gasteiger partial charge in [-0.25, -0.2) is 9.97 Å². The summed E-state index contributed by atoms with van der Waals surface area (Å²) in [7, 11) is 0. The molecule has 78 valence electrons. The van der Waals surface area contributed by atoms with E-state index >= 15 is 0 Å². The molecule has 4 nitrogen and oxygen atoms in total. The number of hydrogen-bond donors (Lipinski definition) is 1. The molecule has 7 heteroatoms. The minimum Gasteiger partial charge on any atom is -0.334 e. The Morgan fingerprint density at radius 1 is 1.40 bits per heavy atom. The van der Waals surface area contributed by atoms with E-state index in [1.807, 2.05) is 0 Å². The Bertz CT molecular complexity index is 484. The topological polar surface area (TPSA) is 58.6 Å². The maximum Gasteiger partial charge on any atom is 0.458 e. The Labute approximate surface area is 81.1 Å². The Morgan fingerprint density at radius 3 is 2.73 bits per heavy atom. The predicted molar refractivity (Wildman–Crippen MR) is 44.3 cm³/mol. The van der Waals surface area contributed by atoms with Crippen molar-refractivity contribution in [2.24, 2.45) is 0 Å². The number of hydrogen-bond acceptors (Lipinski definition) is 3. The largest absolute Gasteiger partial charge is 0.458 e. The van der Waals surface area contributed by atoms with Crippen LogP contribution in [-0.4, -0.2) is 26.9 Å². The molecular weight excluding hydrogens is 211 g/mol. The van der Waals surface area contributed by atoms with Crippen LogP contribution in [0.3, 0.4) is 0 Å².